The van der Waals surface area contributed by atoms with Crippen LogP contribution in [0.15, 0.2) is 53.3 Å². The lowest BCUT2D eigenvalue weighted by Crippen LogP contribution is -2.43. The van der Waals surface area contributed by atoms with E-state index in [2.05, 4.69) is 31.8 Å². The molecule has 2 amide bonds. The van der Waals surface area contributed by atoms with Crippen molar-refractivity contribution < 1.29 is 19.1 Å². The number of carbonyl (C=O) groups excluding carboxylic acids is 3. The summed E-state index contributed by atoms with van der Waals surface area (Å²) in [6.45, 7) is 6.55. The molecule has 1 aromatic rings. The van der Waals surface area contributed by atoms with E-state index in [0.717, 1.165) is 17.2 Å². The van der Waals surface area contributed by atoms with Gasteiger partial charge in [0.05, 0.1) is 14.1 Å². The molecular formula is C24H27NO4Si. The molecule has 0 radical (unpaired) electrons. The Labute approximate surface area is 177 Å². The molecule has 2 bridgehead atoms. The van der Waals surface area contributed by atoms with Gasteiger partial charge in [0.25, 0.3) is 5.91 Å². The van der Waals surface area contributed by atoms with Gasteiger partial charge in [-0.25, -0.2) is 9.69 Å². The maximum Gasteiger partial charge on any atom is 0.417 e. The number of fused-ring (bicyclic) bond motifs is 5. The van der Waals surface area contributed by atoms with Gasteiger partial charge in [-0.15, -0.1) is 0 Å². The van der Waals surface area contributed by atoms with E-state index in [1.165, 1.54) is 4.90 Å². The molecule has 1 saturated heterocycles. The van der Waals surface area contributed by atoms with Crippen molar-refractivity contribution in [2.75, 3.05) is 6.61 Å². The number of hydrogen-bond donors (Lipinski definition) is 0. The van der Waals surface area contributed by atoms with E-state index in [-0.39, 0.29) is 48.0 Å². The molecule has 30 heavy (non-hydrogen) atoms. The van der Waals surface area contributed by atoms with Gasteiger partial charge in [0.1, 0.15) is 6.61 Å². The number of benzene rings is 1. The minimum Gasteiger partial charge on any atom is -0.447 e. The SMILES string of the molecule is C[Si](C)(C)C1=C(C(=O)N2C(=O)OC[C@@H]2Cc2ccccc2)[C@@H]2[C@H](C1=O)[C@H]1C=C[C@@H]2C1. The topological polar surface area (TPSA) is 63.7 Å². The van der Waals surface area contributed by atoms with Gasteiger partial charge in [0, 0.05) is 17.4 Å². The van der Waals surface area contributed by atoms with Gasteiger partial charge in [-0.2, -0.15) is 0 Å². The maximum absolute atomic E-state index is 13.9. The van der Waals surface area contributed by atoms with Crippen LogP contribution in [0.4, 0.5) is 4.79 Å². The molecule has 1 saturated carbocycles. The summed E-state index contributed by atoms with van der Waals surface area (Å²) in [6, 6.07) is 9.49. The first kappa shape index (κ1) is 19.5. The average molecular weight is 422 g/mol. The van der Waals surface area contributed by atoms with Crippen molar-refractivity contribution in [3.05, 3.63) is 58.8 Å². The highest BCUT2D eigenvalue weighted by Crippen LogP contribution is 2.57. The third kappa shape index (κ3) is 2.84. The predicted molar refractivity (Wildman–Crippen MR) is 115 cm³/mol. The van der Waals surface area contributed by atoms with Crippen molar-refractivity contribution in [1.29, 1.82) is 0 Å². The van der Waals surface area contributed by atoms with Crippen LogP contribution in [0, 0.1) is 23.7 Å². The summed E-state index contributed by atoms with van der Waals surface area (Å²) in [7, 11) is -2.08. The van der Waals surface area contributed by atoms with Crippen LogP contribution in [0.25, 0.3) is 0 Å². The molecule has 1 aromatic carbocycles. The monoisotopic (exact) mass is 421 g/mol. The molecule has 5 nitrogen and oxygen atoms in total. The summed E-state index contributed by atoms with van der Waals surface area (Å²) in [6.07, 6.45) is 5.24. The zero-order valence-corrected chi connectivity index (χ0v) is 18.6. The molecule has 156 valence electrons. The first-order valence-electron chi connectivity index (χ1n) is 10.8. The lowest BCUT2D eigenvalue weighted by atomic mass is 9.81. The molecule has 1 heterocycles. The molecular weight excluding hydrogens is 394 g/mol. The zero-order chi connectivity index (χ0) is 21.2. The fraction of sp³-hybridized carbons (Fsp3) is 0.458. The Morgan fingerprint density at radius 3 is 2.40 bits per heavy atom. The Morgan fingerprint density at radius 2 is 1.73 bits per heavy atom. The molecule has 0 aromatic heterocycles. The van der Waals surface area contributed by atoms with Crippen LogP contribution in [0.2, 0.25) is 19.6 Å². The van der Waals surface area contributed by atoms with Crippen molar-refractivity contribution in [1.82, 2.24) is 4.90 Å². The summed E-state index contributed by atoms with van der Waals surface area (Å²) in [4.78, 5) is 41.3. The third-order valence-electron chi connectivity index (χ3n) is 7.09. The first-order chi connectivity index (χ1) is 14.3. The number of hydrogen-bond acceptors (Lipinski definition) is 4. The van der Waals surface area contributed by atoms with Gasteiger partial charge in [-0.1, -0.05) is 62.1 Å². The van der Waals surface area contributed by atoms with E-state index in [0.29, 0.717) is 12.0 Å². The normalized spacial score (nSPS) is 32.2. The Bertz CT molecular complexity index is 990. The highest BCUT2D eigenvalue weighted by atomic mass is 28.3. The first-order valence-corrected chi connectivity index (χ1v) is 14.3. The second kappa shape index (κ2) is 6.77. The number of Topliss-reactive ketones (excluding diaryl/α,β-unsaturated/α-hetero) is 1. The van der Waals surface area contributed by atoms with Crippen LogP contribution in [-0.4, -0.2) is 43.4 Å². The number of carbonyl (C=O) groups is 3. The minimum absolute atomic E-state index is 0.0764. The van der Waals surface area contributed by atoms with Crippen molar-refractivity contribution in [2.24, 2.45) is 23.7 Å². The fourth-order valence-electron chi connectivity index (χ4n) is 5.94. The Balaban J connectivity index is 1.54. The van der Waals surface area contributed by atoms with Gasteiger partial charge in [-0.05, 0) is 35.4 Å². The smallest absolute Gasteiger partial charge is 0.417 e. The van der Waals surface area contributed by atoms with Crippen LogP contribution in [-0.2, 0) is 20.7 Å². The van der Waals surface area contributed by atoms with E-state index in [1.807, 2.05) is 30.3 Å². The van der Waals surface area contributed by atoms with Crippen molar-refractivity contribution >= 4 is 25.9 Å². The number of ether oxygens (including phenoxy) is 1. The molecule has 0 unspecified atom stereocenters. The molecule has 5 atom stereocenters. The number of cyclic esters (lactones) is 1. The van der Waals surface area contributed by atoms with Crippen LogP contribution in [0.3, 0.4) is 0 Å². The van der Waals surface area contributed by atoms with Crippen LogP contribution < -0.4 is 0 Å². The average Bonchev–Trinajstić information content (AvgIpc) is 3.44. The quantitative estimate of drug-likeness (QED) is 0.548. The molecule has 1 aliphatic heterocycles. The van der Waals surface area contributed by atoms with Crippen LogP contribution in [0.1, 0.15) is 12.0 Å². The van der Waals surface area contributed by atoms with Crippen molar-refractivity contribution in [3.63, 3.8) is 0 Å². The van der Waals surface area contributed by atoms with E-state index >= 15 is 0 Å². The van der Waals surface area contributed by atoms with Gasteiger partial charge in [0.15, 0.2) is 5.78 Å². The van der Waals surface area contributed by atoms with Gasteiger partial charge >= 0.3 is 6.09 Å². The van der Waals surface area contributed by atoms with E-state index < -0.39 is 14.2 Å². The molecule has 2 fully saturated rings. The Kier molecular flexibility index (Phi) is 4.40. The number of amides is 2. The summed E-state index contributed by atoms with van der Waals surface area (Å²) in [5.74, 6) is 0.126. The lowest BCUT2D eigenvalue weighted by molar-refractivity contribution is -0.125. The summed E-state index contributed by atoms with van der Waals surface area (Å²) >= 11 is 0. The summed E-state index contributed by atoms with van der Waals surface area (Å²) in [5, 5.41) is 0.749. The number of allylic oxidation sites excluding steroid dienone is 3. The maximum atomic E-state index is 13.9. The Hall–Kier alpha value is -2.47. The van der Waals surface area contributed by atoms with Crippen LogP contribution in [0.5, 0.6) is 0 Å². The van der Waals surface area contributed by atoms with E-state index in [9.17, 15) is 14.4 Å². The lowest BCUT2D eigenvalue weighted by Gasteiger charge is -2.27. The van der Waals surface area contributed by atoms with E-state index in [4.69, 9.17) is 4.74 Å². The fourth-order valence-corrected chi connectivity index (χ4v) is 7.93. The summed E-state index contributed by atoms with van der Waals surface area (Å²) < 4.78 is 5.31. The molecule has 4 aliphatic rings. The summed E-state index contributed by atoms with van der Waals surface area (Å²) in [5.41, 5.74) is 1.68. The number of ketones is 1. The second-order valence-electron chi connectivity index (χ2n) is 10.00. The van der Waals surface area contributed by atoms with Gasteiger partial charge in [-0.3, -0.25) is 9.59 Å². The number of nitrogens with zero attached hydrogens (tertiary/aromatic N) is 1. The predicted octanol–water partition coefficient (Wildman–Crippen LogP) is 3.77. The van der Waals surface area contributed by atoms with Gasteiger partial charge in [0.2, 0.25) is 0 Å². The van der Waals surface area contributed by atoms with Crippen LogP contribution >= 0.6 is 0 Å². The highest BCUT2D eigenvalue weighted by molar-refractivity contribution is 6.88. The number of imide groups is 1. The largest absolute Gasteiger partial charge is 0.447 e. The van der Waals surface area contributed by atoms with Crippen molar-refractivity contribution in [3.8, 4) is 0 Å². The molecule has 6 heteroatoms. The Morgan fingerprint density at radius 1 is 1.07 bits per heavy atom. The van der Waals surface area contributed by atoms with Crippen molar-refractivity contribution in [2.45, 2.75) is 38.5 Å². The molecule has 0 N–H and O–H groups in total. The standard InChI is InChI=1S/C24H27NO4Si/c1-30(2,3)22-20(18-15-9-10-16(12-15)19(18)21(22)26)23(27)25-17(13-29-24(25)28)11-14-7-5-4-6-8-14/h4-10,15-19H,11-13H2,1-3H3/t15-,16+,17+,18+,19-/m1/s1. The molecule has 3 aliphatic carbocycles. The van der Waals surface area contributed by atoms with Gasteiger partial charge < -0.3 is 4.74 Å². The zero-order valence-electron chi connectivity index (χ0n) is 17.6. The molecule has 0 spiro atoms. The molecule has 5 rings (SSSR count). The minimum atomic E-state index is -2.08. The second-order valence-corrected chi connectivity index (χ2v) is 15.0. The third-order valence-corrected chi connectivity index (χ3v) is 9.10. The highest BCUT2D eigenvalue weighted by Gasteiger charge is 2.59. The number of rotatable bonds is 4. The van der Waals surface area contributed by atoms with E-state index in [1.54, 1.807) is 0 Å².